The Bertz CT molecular complexity index is 1080. The number of para-hydroxylation sites is 2. The number of methoxy groups -OCH3 is 1. The molecule has 4 rings (SSSR count). The number of benzene rings is 1. The predicted octanol–water partition coefficient (Wildman–Crippen LogP) is 2.75. The minimum absolute atomic E-state index is 0.149. The van der Waals surface area contributed by atoms with Crippen molar-refractivity contribution in [3.05, 3.63) is 59.8 Å². The van der Waals surface area contributed by atoms with Gasteiger partial charge in [0.2, 0.25) is 0 Å². The van der Waals surface area contributed by atoms with Crippen molar-refractivity contribution in [3.8, 4) is 5.75 Å². The number of hydrogen-bond donors (Lipinski definition) is 2. The van der Waals surface area contributed by atoms with Crippen LogP contribution in [0.2, 0.25) is 0 Å². The molecule has 0 saturated heterocycles. The Kier molecular flexibility index (Phi) is 4.50. The van der Waals surface area contributed by atoms with Crippen LogP contribution < -0.4 is 10.1 Å². The highest BCUT2D eigenvalue weighted by Gasteiger charge is 2.19. The van der Waals surface area contributed by atoms with Gasteiger partial charge >= 0.3 is 0 Å². The standard InChI is InChI=1S/C20H21N5O2/c1-3-13-18(25-12-6-9-16(27-2)19(25)24-13)20(26)21-11-10-17-22-14-7-4-5-8-15(14)23-17/h4-9,12H,3,10-11H2,1-2H3,(H,21,26)(H,22,23). The lowest BCUT2D eigenvalue weighted by molar-refractivity contribution is 0.0947. The van der Waals surface area contributed by atoms with Gasteiger partial charge in [-0.05, 0) is 30.7 Å². The van der Waals surface area contributed by atoms with Gasteiger partial charge < -0.3 is 15.0 Å². The Morgan fingerprint density at radius 1 is 1.22 bits per heavy atom. The molecule has 0 atom stereocenters. The summed E-state index contributed by atoms with van der Waals surface area (Å²) < 4.78 is 7.15. The molecule has 0 fully saturated rings. The second kappa shape index (κ2) is 7.11. The van der Waals surface area contributed by atoms with E-state index in [0.717, 1.165) is 22.6 Å². The summed E-state index contributed by atoms with van der Waals surface area (Å²) >= 11 is 0. The van der Waals surface area contributed by atoms with Gasteiger partial charge in [-0.2, -0.15) is 0 Å². The van der Waals surface area contributed by atoms with Crippen LogP contribution >= 0.6 is 0 Å². The average molecular weight is 363 g/mol. The molecular formula is C20H21N5O2. The lowest BCUT2D eigenvalue weighted by Gasteiger charge is -2.06. The number of pyridine rings is 1. The zero-order valence-corrected chi connectivity index (χ0v) is 15.3. The molecule has 0 aliphatic heterocycles. The van der Waals surface area contributed by atoms with E-state index in [-0.39, 0.29) is 5.91 Å². The van der Waals surface area contributed by atoms with Crippen LogP contribution in [-0.2, 0) is 12.8 Å². The van der Waals surface area contributed by atoms with Gasteiger partial charge in [-0.25, -0.2) is 9.97 Å². The molecule has 1 aromatic carbocycles. The Hall–Kier alpha value is -3.35. The first-order valence-electron chi connectivity index (χ1n) is 8.97. The molecule has 0 bridgehead atoms. The molecule has 3 aromatic heterocycles. The van der Waals surface area contributed by atoms with E-state index in [1.807, 2.05) is 49.5 Å². The van der Waals surface area contributed by atoms with Gasteiger partial charge in [0.15, 0.2) is 11.4 Å². The summed E-state index contributed by atoms with van der Waals surface area (Å²) in [6.07, 6.45) is 3.12. The maximum absolute atomic E-state index is 12.8. The van der Waals surface area contributed by atoms with E-state index in [9.17, 15) is 4.79 Å². The summed E-state index contributed by atoms with van der Waals surface area (Å²) in [5.74, 6) is 1.35. The van der Waals surface area contributed by atoms with Crippen LogP contribution in [0, 0.1) is 0 Å². The van der Waals surface area contributed by atoms with Crippen molar-refractivity contribution < 1.29 is 9.53 Å². The van der Waals surface area contributed by atoms with Crippen LogP contribution in [-0.4, -0.2) is 38.9 Å². The first-order chi connectivity index (χ1) is 13.2. The van der Waals surface area contributed by atoms with E-state index in [1.54, 1.807) is 11.5 Å². The van der Waals surface area contributed by atoms with Gasteiger partial charge in [0, 0.05) is 19.2 Å². The van der Waals surface area contributed by atoms with E-state index in [4.69, 9.17) is 4.74 Å². The molecular weight excluding hydrogens is 342 g/mol. The number of nitrogens with one attached hydrogen (secondary N) is 2. The highest BCUT2D eigenvalue weighted by atomic mass is 16.5. The number of aromatic nitrogens is 4. The highest BCUT2D eigenvalue weighted by Crippen LogP contribution is 2.22. The van der Waals surface area contributed by atoms with Crippen molar-refractivity contribution in [2.45, 2.75) is 19.8 Å². The van der Waals surface area contributed by atoms with Crippen molar-refractivity contribution in [1.29, 1.82) is 0 Å². The van der Waals surface area contributed by atoms with Gasteiger partial charge in [-0.3, -0.25) is 9.20 Å². The third-order valence-corrected chi connectivity index (χ3v) is 4.54. The monoisotopic (exact) mass is 363 g/mol. The summed E-state index contributed by atoms with van der Waals surface area (Å²) in [5, 5.41) is 2.98. The minimum atomic E-state index is -0.149. The number of carbonyl (C=O) groups excluding carboxylic acids is 1. The van der Waals surface area contributed by atoms with Gasteiger partial charge in [-0.1, -0.05) is 19.1 Å². The number of rotatable bonds is 6. The molecule has 0 aliphatic carbocycles. The van der Waals surface area contributed by atoms with E-state index < -0.39 is 0 Å². The molecule has 0 radical (unpaired) electrons. The lowest BCUT2D eigenvalue weighted by Crippen LogP contribution is -2.28. The summed E-state index contributed by atoms with van der Waals surface area (Å²) in [5.41, 5.74) is 3.89. The lowest BCUT2D eigenvalue weighted by atomic mass is 10.2. The van der Waals surface area contributed by atoms with Crippen LogP contribution in [0.15, 0.2) is 42.6 Å². The van der Waals surface area contributed by atoms with Crippen LogP contribution in [0.3, 0.4) is 0 Å². The zero-order valence-electron chi connectivity index (χ0n) is 15.3. The molecule has 27 heavy (non-hydrogen) atoms. The molecule has 7 nitrogen and oxygen atoms in total. The molecule has 2 N–H and O–H groups in total. The van der Waals surface area contributed by atoms with Crippen molar-refractivity contribution in [2.75, 3.05) is 13.7 Å². The summed E-state index contributed by atoms with van der Waals surface area (Å²) in [6.45, 7) is 2.47. The minimum Gasteiger partial charge on any atom is -0.493 e. The molecule has 0 spiro atoms. The summed E-state index contributed by atoms with van der Waals surface area (Å²) in [6, 6.07) is 11.6. The predicted molar refractivity (Wildman–Crippen MR) is 103 cm³/mol. The number of carbonyl (C=O) groups is 1. The van der Waals surface area contributed by atoms with Crippen molar-refractivity contribution in [2.24, 2.45) is 0 Å². The number of imidazole rings is 2. The van der Waals surface area contributed by atoms with E-state index in [0.29, 0.717) is 36.5 Å². The number of H-pyrrole nitrogens is 1. The first kappa shape index (κ1) is 17.1. The number of aryl methyl sites for hydroxylation is 1. The quantitative estimate of drug-likeness (QED) is 0.552. The fourth-order valence-electron chi connectivity index (χ4n) is 3.24. The molecule has 4 aromatic rings. The Balaban J connectivity index is 1.52. The number of nitrogens with zero attached hydrogens (tertiary/aromatic N) is 3. The molecule has 3 heterocycles. The number of amides is 1. The number of hydrogen-bond acceptors (Lipinski definition) is 4. The molecule has 138 valence electrons. The fraction of sp³-hybridized carbons (Fsp3) is 0.250. The van der Waals surface area contributed by atoms with Gasteiger partial charge in [0.1, 0.15) is 11.5 Å². The number of aromatic amines is 1. The second-order valence-electron chi connectivity index (χ2n) is 6.24. The Labute approximate surface area is 156 Å². The van der Waals surface area contributed by atoms with Gasteiger partial charge in [0.05, 0.1) is 23.8 Å². The van der Waals surface area contributed by atoms with Crippen molar-refractivity contribution in [1.82, 2.24) is 24.7 Å². The second-order valence-corrected chi connectivity index (χ2v) is 6.24. The number of ether oxygens (including phenoxy) is 1. The topological polar surface area (TPSA) is 84.3 Å². The molecule has 0 saturated carbocycles. The fourth-order valence-corrected chi connectivity index (χ4v) is 3.24. The normalized spacial score (nSPS) is 11.2. The zero-order chi connectivity index (χ0) is 18.8. The average Bonchev–Trinajstić information content (AvgIpc) is 3.28. The van der Waals surface area contributed by atoms with Crippen LogP contribution in [0.5, 0.6) is 5.75 Å². The molecule has 0 unspecified atom stereocenters. The molecule has 0 aliphatic rings. The van der Waals surface area contributed by atoms with Crippen molar-refractivity contribution >= 4 is 22.6 Å². The Morgan fingerprint density at radius 3 is 2.85 bits per heavy atom. The van der Waals surface area contributed by atoms with Gasteiger partial charge in [0.25, 0.3) is 5.91 Å². The van der Waals surface area contributed by atoms with E-state index in [1.165, 1.54) is 0 Å². The van der Waals surface area contributed by atoms with Crippen LogP contribution in [0.1, 0.15) is 28.9 Å². The highest BCUT2D eigenvalue weighted by molar-refractivity contribution is 5.95. The third-order valence-electron chi connectivity index (χ3n) is 4.54. The Morgan fingerprint density at radius 2 is 2.07 bits per heavy atom. The van der Waals surface area contributed by atoms with Crippen molar-refractivity contribution in [3.63, 3.8) is 0 Å². The largest absolute Gasteiger partial charge is 0.493 e. The SMILES string of the molecule is CCc1nc2c(OC)cccn2c1C(=O)NCCc1nc2ccccc2[nH]1. The molecule has 1 amide bonds. The van der Waals surface area contributed by atoms with Crippen LogP contribution in [0.25, 0.3) is 16.7 Å². The third kappa shape index (κ3) is 3.12. The summed E-state index contributed by atoms with van der Waals surface area (Å²) in [4.78, 5) is 25.2. The van der Waals surface area contributed by atoms with Gasteiger partial charge in [-0.15, -0.1) is 0 Å². The van der Waals surface area contributed by atoms with E-state index in [2.05, 4.69) is 20.3 Å². The maximum atomic E-state index is 12.8. The smallest absolute Gasteiger partial charge is 0.270 e. The summed E-state index contributed by atoms with van der Waals surface area (Å²) in [7, 11) is 1.60. The van der Waals surface area contributed by atoms with E-state index >= 15 is 0 Å². The van der Waals surface area contributed by atoms with Crippen LogP contribution in [0.4, 0.5) is 0 Å². The first-order valence-corrected chi connectivity index (χ1v) is 8.97. The molecule has 7 heteroatoms. The number of fused-ring (bicyclic) bond motifs is 2. The maximum Gasteiger partial charge on any atom is 0.270 e.